The fourth-order valence-corrected chi connectivity index (χ4v) is 5.14. The lowest BCUT2D eigenvalue weighted by Crippen LogP contribution is -2.49. The van der Waals surface area contributed by atoms with Crippen LogP contribution < -0.4 is 15.2 Å². The first-order valence-electron chi connectivity index (χ1n) is 10.7. The predicted molar refractivity (Wildman–Crippen MR) is 124 cm³/mol. The molecule has 1 fully saturated rings. The molecule has 2 heterocycles. The number of sulfonamides is 1. The minimum atomic E-state index is -3.58. The molecule has 0 spiro atoms. The van der Waals surface area contributed by atoms with Crippen molar-refractivity contribution < 1.29 is 18.3 Å². The van der Waals surface area contributed by atoms with Gasteiger partial charge >= 0.3 is 5.56 Å². The van der Waals surface area contributed by atoms with Gasteiger partial charge < -0.3 is 14.7 Å². The Hall–Kier alpha value is -3.21. The Bertz CT molecular complexity index is 1220. The Labute approximate surface area is 192 Å². The first kappa shape index (κ1) is 23.0. The van der Waals surface area contributed by atoms with Crippen LogP contribution in [0.15, 0.2) is 76.6 Å². The van der Waals surface area contributed by atoms with Gasteiger partial charge in [-0.2, -0.15) is 14.1 Å². The summed E-state index contributed by atoms with van der Waals surface area (Å²) in [6.45, 7) is 1.45. The standard InChI is InChI=1S/C23H26N4O5S/c28-16-7-17-32-22-21(18-24-27(23(22)29)19-8-3-1-4-9-19)25-12-14-26(15-13-25)33(30,31)20-10-5-2-6-11-20/h1-6,8-11,18,28H,7,12-17H2. The van der Waals surface area contributed by atoms with Gasteiger partial charge in [-0.05, 0) is 24.3 Å². The first-order valence-corrected chi connectivity index (χ1v) is 12.2. The molecule has 0 bridgehead atoms. The summed E-state index contributed by atoms with van der Waals surface area (Å²) in [4.78, 5) is 15.4. The van der Waals surface area contributed by atoms with Crippen molar-refractivity contribution in [3.63, 3.8) is 0 Å². The zero-order valence-electron chi connectivity index (χ0n) is 18.1. The van der Waals surface area contributed by atoms with Gasteiger partial charge in [-0.25, -0.2) is 8.42 Å². The summed E-state index contributed by atoms with van der Waals surface area (Å²) in [6, 6.07) is 17.4. The van der Waals surface area contributed by atoms with Crippen LogP contribution in [0, 0.1) is 0 Å². The molecule has 174 valence electrons. The molecule has 0 atom stereocenters. The van der Waals surface area contributed by atoms with Gasteiger partial charge in [-0.15, -0.1) is 0 Å². The number of anilines is 1. The average Bonchev–Trinajstić information content (AvgIpc) is 2.86. The molecular weight excluding hydrogens is 444 g/mol. The third-order valence-electron chi connectivity index (χ3n) is 5.42. The molecule has 0 amide bonds. The van der Waals surface area contributed by atoms with Crippen LogP contribution in [-0.2, 0) is 10.0 Å². The second-order valence-corrected chi connectivity index (χ2v) is 9.48. The number of nitrogens with zero attached hydrogens (tertiary/aromatic N) is 4. The lowest BCUT2D eigenvalue weighted by atomic mass is 10.3. The van der Waals surface area contributed by atoms with Crippen LogP contribution in [0.25, 0.3) is 5.69 Å². The maximum Gasteiger partial charge on any atom is 0.316 e. The van der Waals surface area contributed by atoms with Gasteiger partial charge in [0.15, 0.2) is 0 Å². The summed E-state index contributed by atoms with van der Waals surface area (Å²) in [5, 5.41) is 13.4. The van der Waals surface area contributed by atoms with E-state index in [1.807, 2.05) is 23.1 Å². The van der Waals surface area contributed by atoms with E-state index in [1.54, 1.807) is 48.7 Å². The van der Waals surface area contributed by atoms with Crippen LogP contribution in [0.3, 0.4) is 0 Å². The second kappa shape index (κ2) is 10.2. The maximum atomic E-state index is 13.2. The summed E-state index contributed by atoms with van der Waals surface area (Å²) in [7, 11) is -3.58. The summed E-state index contributed by atoms with van der Waals surface area (Å²) in [6.07, 6.45) is 1.96. The van der Waals surface area contributed by atoms with Crippen molar-refractivity contribution in [2.45, 2.75) is 11.3 Å². The van der Waals surface area contributed by atoms with E-state index in [0.717, 1.165) is 0 Å². The van der Waals surface area contributed by atoms with Gasteiger partial charge in [-0.3, -0.25) is 4.79 Å². The molecular formula is C23H26N4O5S. The number of hydrogen-bond donors (Lipinski definition) is 1. The van der Waals surface area contributed by atoms with Crippen molar-refractivity contribution in [3.05, 3.63) is 77.2 Å². The number of piperazine rings is 1. The Balaban J connectivity index is 1.58. The SMILES string of the molecule is O=c1c(OCCCO)c(N2CCN(S(=O)(=O)c3ccccc3)CC2)cnn1-c1ccccc1. The molecule has 0 radical (unpaired) electrons. The lowest BCUT2D eigenvalue weighted by Gasteiger charge is -2.35. The number of rotatable bonds is 8. The smallest absolute Gasteiger partial charge is 0.316 e. The summed E-state index contributed by atoms with van der Waals surface area (Å²) >= 11 is 0. The van der Waals surface area contributed by atoms with Crippen molar-refractivity contribution >= 4 is 15.7 Å². The molecule has 0 aliphatic carbocycles. The minimum Gasteiger partial charge on any atom is -0.486 e. The lowest BCUT2D eigenvalue weighted by molar-refractivity contribution is 0.231. The van der Waals surface area contributed by atoms with E-state index in [1.165, 1.54) is 8.99 Å². The highest BCUT2D eigenvalue weighted by Gasteiger charge is 2.30. The van der Waals surface area contributed by atoms with Gasteiger partial charge in [0.2, 0.25) is 15.8 Å². The molecule has 1 N–H and O–H groups in total. The number of aliphatic hydroxyl groups excluding tert-OH is 1. The number of ether oxygens (including phenoxy) is 1. The number of hydrogen-bond acceptors (Lipinski definition) is 7. The first-order chi connectivity index (χ1) is 16.0. The maximum absolute atomic E-state index is 13.2. The zero-order chi connectivity index (χ0) is 23.3. The molecule has 3 aromatic rings. The van der Waals surface area contributed by atoms with Gasteiger partial charge in [0.1, 0.15) is 5.69 Å². The number of aromatic nitrogens is 2. The van der Waals surface area contributed by atoms with E-state index in [-0.39, 0.29) is 36.9 Å². The van der Waals surface area contributed by atoms with Gasteiger partial charge in [-0.1, -0.05) is 36.4 Å². The molecule has 1 aliphatic rings. The van der Waals surface area contributed by atoms with Crippen LogP contribution >= 0.6 is 0 Å². The molecule has 33 heavy (non-hydrogen) atoms. The molecule has 1 aromatic heterocycles. The van der Waals surface area contributed by atoms with Crippen LogP contribution in [0.5, 0.6) is 5.75 Å². The van der Waals surface area contributed by atoms with Gasteiger partial charge in [0.25, 0.3) is 0 Å². The molecule has 4 rings (SSSR count). The van der Waals surface area contributed by atoms with Crippen molar-refractivity contribution in [1.82, 2.24) is 14.1 Å². The Morgan fingerprint density at radius 2 is 1.58 bits per heavy atom. The summed E-state index contributed by atoms with van der Waals surface area (Å²) < 4.78 is 34.3. The van der Waals surface area contributed by atoms with Crippen LogP contribution in [0.2, 0.25) is 0 Å². The van der Waals surface area contributed by atoms with E-state index in [2.05, 4.69) is 5.10 Å². The quantitative estimate of drug-likeness (QED) is 0.498. The minimum absolute atomic E-state index is 0.0523. The zero-order valence-corrected chi connectivity index (χ0v) is 18.9. The molecule has 0 unspecified atom stereocenters. The van der Waals surface area contributed by atoms with Gasteiger partial charge in [0.05, 0.1) is 23.4 Å². The van der Waals surface area contributed by atoms with Crippen molar-refractivity contribution in [1.29, 1.82) is 0 Å². The number of aliphatic hydroxyl groups is 1. The van der Waals surface area contributed by atoms with E-state index in [0.29, 0.717) is 30.9 Å². The Morgan fingerprint density at radius 3 is 2.21 bits per heavy atom. The summed E-state index contributed by atoms with van der Waals surface area (Å²) in [5.41, 5.74) is 0.720. The fraction of sp³-hybridized carbons (Fsp3) is 0.304. The largest absolute Gasteiger partial charge is 0.486 e. The highest BCUT2D eigenvalue weighted by molar-refractivity contribution is 7.89. The molecule has 2 aromatic carbocycles. The normalized spacial score (nSPS) is 14.9. The Morgan fingerprint density at radius 1 is 0.939 bits per heavy atom. The van der Waals surface area contributed by atoms with E-state index >= 15 is 0 Å². The monoisotopic (exact) mass is 470 g/mol. The average molecular weight is 471 g/mol. The predicted octanol–water partition coefficient (Wildman–Crippen LogP) is 1.50. The topological polar surface area (TPSA) is 105 Å². The van der Waals surface area contributed by atoms with Crippen LogP contribution in [0.1, 0.15) is 6.42 Å². The van der Waals surface area contributed by atoms with Crippen LogP contribution in [0.4, 0.5) is 5.69 Å². The number of para-hydroxylation sites is 1. The van der Waals surface area contributed by atoms with E-state index in [4.69, 9.17) is 9.84 Å². The van der Waals surface area contributed by atoms with Crippen molar-refractivity contribution in [2.24, 2.45) is 0 Å². The van der Waals surface area contributed by atoms with Crippen molar-refractivity contribution in [2.75, 3.05) is 44.3 Å². The van der Waals surface area contributed by atoms with Crippen LogP contribution in [-0.4, -0.2) is 67.0 Å². The fourth-order valence-electron chi connectivity index (χ4n) is 3.69. The van der Waals surface area contributed by atoms with E-state index in [9.17, 15) is 13.2 Å². The van der Waals surface area contributed by atoms with E-state index < -0.39 is 15.6 Å². The van der Waals surface area contributed by atoms with Crippen molar-refractivity contribution in [3.8, 4) is 11.4 Å². The molecule has 1 aliphatic heterocycles. The van der Waals surface area contributed by atoms with Gasteiger partial charge in [0, 0.05) is 39.2 Å². The summed E-state index contributed by atoms with van der Waals surface area (Å²) in [5.74, 6) is 0.140. The molecule has 0 saturated carbocycles. The Kier molecular flexibility index (Phi) is 7.07. The number of benzene rings is 2. The highest BCUT2D eigenvalue weighted by atomic mass is 32.2. The third-order valence-corrected chi connectivity index (χ3v) is 7.34. The molecule has 10 heteroatoms. The molecule has 1 saturated heterocycles. The third kappa shape index (κ3) is 4.92. The molecule has 9 nitrogen and oxygen atoms in total. The second-order valence-electron chi connectivity index (χ2n) is 7.54. The highest BCUT2D eigenvalue weighted by Crippen LogP contribution is 2.27.